The Hall–Kier alpha value is -1.06. The normalized spacial score (nSPS) is 21.8. The minimum atomic E-state index is 0.222. The standard InChI is InChI=1S/C14H22N2O/c1-3-12-4-6-13(7-5-12)16-9-8-15(2)10-14(16)11-17/h4-7,14,17H,3,8-11H2,1-2H3. The molecular weight excluding hydrogens is 212 g/mol. The van der Waals surface area contributed by atoms with E-state index in [1.54, 1.807) is 0 Å². The lowest BCUT2D eigenvalue weighted by molar-refractivity contribution is 0.191. The fraction of sp³-hybridized carbons (Fsp3) is 0.571. The van der Waals surface area contributed by atoms with Crippen LogP contribution in [0.2, 0.25) is 0 Å². The molecule has 0 radical (unpaired) electrons. The minimum Gasteiger partial charge on any atom is -0.394 e. The van der Waals surface area contributed by atoms with E-state index in [-0.39, 0.29) is 12.6 Å². The first-order valence-electron chi connectivity index (χ1n) is 6.39. The molecule has 0 aliphatic carbocycles. The molecule has 17 heavy (non-hydrogen) atoms. The number of anilines is 1. The quantitative estimate of drug-likeness (QED) is 0.855. The van der Waals surface area contributed by atoms with Gasteiger partial charge in [-0.3, -0.25) is 0 Å². The minimum absolute atomic E-state index is 0.222. The molecule has 94 valence electrons. The number of hydrogen-bond acceptors (Lipinski definition) is 3. The van der Waals surface area contributed by atoms with Gasteiger partial charge in [-0.2, -0.15) is 0 Å². The molecule has 1 saturated heterocycles. The Bertz CT molecular complexity index is 350. The van der Waals surface area contributed by atoms with Crippen molar-refractivity contribution in [3.05, 3.63) is 29.8 Å². The molecule has 3 heteroatoms. The Morgan fingerprint density at radius 2 is 1.94 bits per heavy atom. The molecule has 0 saturated carbocycles. The first-order chi connectivity index (χ1) is 8.24. The summed E-state index contributed by atoms with van der Waals surface area (Å²) < 4.78 is 0. The van der Waals surface area contributed by atoms with Crippen LogP contribution in [0.3, 0.4) is 0 Å². The zero-order chi connectivity index (χ0) is 12.3. The lowest BCUT2D eigenvalue weighted by Gasteiger charge is -2.40. The molecule has 1 atom stereocenters. The molecule has 1 aromatic rings. The third-order valence-electron chi connectivity index (χ3n) is 3.57. The summed E-state index contributed by atoms with van der Waals surface area (Å²) in [5, 5.41) is 9.47. The Balaban J connectivity index is 2.13. The highest BCUT2D eigenvalue weighted by Crippen LogP contribution is 2.20. The zero-order valence-corrected chi connectivity index (χ0v) is 10.8. The molecule has 2 rings (SSSR count). The largest absolute Gasteiger partial charge is 0.394 e. The molecule has 1 fully saturated rings. The van der Waals surface area contributed by atoms with Crippen LogP contribution in [0.4, 0.5) is 5.69 Å². The zero-order valence-electron chi connectivity index (χ0n) is 10.8. The maximum Gasteiger partial charge on any atom is 0.0648 e. The maximum atomic E-state index is 9.47. The summed E-state index contributed by atoms with van der Waals surface area (Å²) in [6.45, 7) is 5.38. The number of hydrogen-bond donors (Lipinski definition) is 1. The van der Waals surface area contributed by atoms with E-state index in [1.165, 1.54) is 11.3 Å². The van der Waals surface area contributed by atoms with Crippen molar-refractivity contribution < 1.29 is 5.11 Å². The lowest BCUT2D eigenvalue weighted by Crippen LogP contribution is -2.53. The van der Waals surface area contributed by atoms with Gasteiger partial charge in [0.05, 0.1) is 12.6 Å². The van der Waals surface area contributed by atoms with Gasteiger partial charge in [-0.25, -0.2) is 0 Å². The molecule has 0 amide bonds. The van der Waals surface area contributed by atoms with E-state index < -0.39 is 0 Å². The number of aryl methyl sites for hydroxylation is 1. The first-order valence-corrected chi connectivity index (χ1v) is 6.39. The molecule has 0 aromatic heterocycles. The van der Waals surface area contributed by atoms with Crippen molar-refractivity contribution >= 4 is 5.69 Å². The van der Waals surface area contributed by atoms with E-state index >= 15 is 0 Å². The molecule has 1 aliphatic rings. The van der Waals surface area contributed by atoms with Gasteiger partial charge in [0.2, 0.25) is 0 Å². The summed E-state index contributed by atoms with van der Waals surface area (Å²) in [5.74, 6) is 0. The summed E-state index contributed by atoms with van der Waals surface area (Å²) in [5.41, 5.74) is 2.60. The molecule has 1 aliphatic heterocycles. The van der Waals surface area contributed by atoms with Crippen LogP contribution in [0.1, 0.15) is 12.5 Å². The second kappa shape index (κ2) is 5.52. The van der Waals surface area contributed by atoms with E-state index in [0.717, 1.165) is 26.1 Å². The molecule has 1 heterocycles. The summed E-state index contributed by atoms with van der Waals surface area (Å²) >= 11 is 0. The number of nitrogens with zero attached hydrogens (tertiary/aromatic N) is 2. The summed E-state index contributed by atoms with van der Waals surface area (Å²) in [6.07, 6.45) is 1.08. The van der Waals surface area contributed by atoms with Crippen LogP contribution in [0.15, 0.2) is 24.3 Å². The van der Waals surface area contributed by atoms with Gasteiger partial charge in [0.1, 0.15) is 0 Å². The van der Waals surface area contributed by atoms with Crippen molar-refractivity contribution in [2.24, 2.45) is 0 Å². The monoisotopic (exact) mass is 234 g/mol. The predicted octanol–water partition coefficient (Wildman–Crippen LogP) is 1.36. The van der Waals surface area contributed by atoms with Crippen molar-refractivity contribution in [3.63, 3.8) is 0 Å². The van der Waals surface area contributed by atoms with Gasteiger partial charge < -0.3 is 14.9 Å². The highest BCUT2D eigenvalue weighted by molar-refractivity contribution is 5.49. The van der Waals surface area contributed by atoms with Crippen LogP contribution in [0.5, 0.6) is 0 Å². The molecular formula is C14H22N2O. The third-order valence-corrected chi connectivity index (χ3v) is 3.57. The van der Waals surface area contributed by atoms with Crippen LogP contribution in [-0.2, 0) is 6.42 Å². The number of rotatable bonds is 3. The lowest BCUT2D eigenvalue weighted by atomic mass is 10.1. The maximum absolute atomic E-state index is 9.47. The van der Waals surface area contributed by atoms with E-state index in [4.69, 9.17) is 0 Å². The second-order valence-electron chi connectivity index (χ2n) is 4.81. The predicted molar refractivity (Wildman–Crippen MR) is 71.5 cm³/mol. The van der Waals surface area contributed by atoms with Crippen LogP contribution >= 0.6 is 0 Å². The van der Waals surface area contributed by atoms with Crippen molar-refractivity contribution in [3.8, 4) is 0 Å². The Kier molecular flexibility index (Phi) is 4.02. The number of aliphatic hydroxyl groups is 1. The molecule has 1 N–H and O–H groups in total. The van der Waals surface area contributed by atoms with Gasteiger partial charge in [0.25, 0.3) is 0 Å². The topological polar surface area (TPSA) is 26.7 Å². The van der Waals surface area contributed by atoms with Crippen LogP contribution in [0.25, 0.3) is 0 Å². The smallest absolute Gasteiger partial charge is 0.0648 e. The van der Waals surface area contributed by atoms with Gasteiger partial charge in [-0.15, -0.1) is 0 Å². The fourth-order valence-electron chi connectivity index (χ4n) is 2.43. The summed E-state index contributed by atoms with van der Waals surface area (Å²) in [4.78, 5) is 4.59. The molecule has 1 unspecified atom stereocenters. The average Bonchev–Trinajstić information content (AvgIpc) is 2.39. The van der Waals surface area contributed by atoms with Crippen LogP contribution < -0.4 is 4.90 Å². The Morgan fingerprint density at radius 1 is 1.24 bits per heavy atom. The van der Waals surface area contributed by atoms with E-state index in [0.29, 0.717) is 0 Å². The highest BCUT2D eigenvalue weighted by Gasteiger charge is 2.24. The number of aliphatic hydroxyl groups excluding tert-OH is 1. The van der Waals surface area contributed by atoms with E-state index in [1.807, 2.05) is 0 Å². The number of piperazine rings is 1. The van der Waals surface area contributed by atoms with E-state index in [2.05, 4.69) is 48.0 Å². The Morgan fingerprint density at radius 3 is 2.53 bits per heavy atom. The summed E-state index contributed by atoms with van der Waals surface area (Å²) in [6, 6.07) is 8.94. The third kappa shape index (κ3) is 2.79. The SMILES string of the molecule is CCc1ccc(N2CCN(C)CC2CO)cc1. The van der Waals surface area contributed by atoms with Gasteiger partial charge in [-0.05, 0) is 31.2 Å². The Labute approximate surface area is 104 Å². The van der Waals surface area contributed by atoms with Gasteiger partial charge in [-0.1, -0.05) is 19.1 Å². The number of likely N-dealkylation sites (N-methyl/N-ethyl adjacent to an activating group) is 1. The van der Waals surface area contributed by atoms with Crippen molar-refractivity contribution in [2.45, 2.75) is 19.4 Å². The highest BCUT2D eigenvalue weighted by atomic mass is 16.3. The second-order valence-corrected chi connectivity index (χ2v) is 4.81. The van der Waals surface area contributed by atoms with Crippen LogP contribution in [0, 0.1) is 0 Å². The fourth-order valence-corrected chi connectivity index (χ4v) is 2.43. The van der Waals surface area contributed by atoms with E-state index in [9.17, 15) is 5.11 Å². The van der Waals surface area contributed by atoms with Crippen LogP contribution in [-0.4, -0.2) is 49.3 Å². The molecule has 0 bridgehead atoms. The van der Waals surface area contributed by atoms with Crippen molar-refractivity contribution in [1.82, 2.24) is 4.90 Å². The molecule has 3 nitrogen and oxygen atoms in total. The van der Waals surface area contributed by atoms with Gasteiger partial charge in [0.15, 0.2) is 0 Å². The number of benzene rings is 1. The first kappa shape index (κ1) is 12.4. The van der Waals surface area contributed by atoms with Gasteiger partial charge >= 0.3 is 0 Å². The molecule has 1 aromatic carbocycles. The van der Waals surface area contributed by atoms with Gasteiger partial charge in [0, 0.05) is 25.3 Å². The average molecular weight is 234 g/mol. The summed E-state index contributed by atoms with van der Waals surface area (Å²) in [7, 11) is 2.11. The van der Waals surface area contributed by atoms with Crippen molar-refractivity contribution in [1.29, 1.82) is 0 Å². The van der Waals surface area contributed by atoms with Crippen molar-refractivity contribution in [2.75, 3.05) is 38.2 Å². The molecule has 0 spiro atoms.